The summed E-state index contributed by atoms with van der Waals surface area (Å²) in [4.78, 5) is 20.3. The molecule has 2 rings (SSSR count). The zero-order valence-electron chi connectivity index (χ0n) is 9.32. The largest absolute Gasteiger partial charge is 0.272 e. The molecule has 0 aromatic rings. The lowest BCUT2D eigenvalue weighted by Gasteiger charge is -2.24. The van der Waals surface area contributed by atoms with Crippen molar-refractivity contribution in [2.24, 2.45) is 15.9 Å². The summed E-state index contributed by atoms with van der Waals surface area (Å²) in [6, 6.07) is 0. The number of thioether (sulfide) groups is 1. The number of hydrogen-bond acceptors (Lipinski definition) is 3. The standard InChI is InChI=1S/C12H16N2OS/c1-2-3-8-16-12-13-10-7-5-4-6-9(10)11(15)14-12/h2,9H,1,3-8H2. The van der Waals surface area contributed by atoms with Crippen molar-refractivity contribution in [3.63, 3.8) is 0 Å². The van der Waals surface area contributed by atoms with E-state index < -0.39 is 0 Å². The molecule has 0 bridgehead atoms. The van der Waals surface area contributed by atoms with E-state index in [1.165, 1.54) is 0 Å². The van der Waals surface area contributed by atoms with E-state index in [1.54, 1.807) is 11.8 Å². The summed E-state index contributed by atoms with van der Waals surface area (Å²) >= 11 is 1.55. The van der Waals surface area contributed by atoms with Crippen molar-refractivity contribution in [1.29, 1.82) is 0 Å². The van der Waals surface area contributed by atoms with E-state index in [0.717, 1.165) is 43.6 Å². The molecule has 16 heavy (non-hydrogen) atoms. The molecule has 4 heteroatoms. The molecule has 0 spiro atoms. The maximum Gasteiger partial charge on any atom is 0.256 e. The summed E-state index contributed by atoms with van der Waals surface area (Å²) in [5.74, 6) is 0.917. The number of amidine groups is 1. The molecule has 1 heterocycles. The average molecular weight is 236 g/mol. The number of amides is 1. The lowest BCUT2D eigenvalue weighted by molar-refractivity contribution is -0.120. The molecular weight excluding hydrogens is 220 g/mol. The van der Waals surface area contributed by atoms with Gasteiger partial charge in [-0.3, -0.25) is 4.79 Å². The van der Waals surface area contributed by atoms with Crippen LogP contribution < -0.4 is 0 Å². The highest BCUT2D eigenvalue weighted by Crippen LogP contribution is 2.27. The first-order chi connectivity index (χ1) is 7.81. The zero-order chi connectivity index (χ0) is 11.4. The molecule has 0 N–H and O–H groups in total. The van der Waals surface area contributed by atoms with Crippen LogP contribution in [0, 0.1) is 5.92 Å². The lowest BCUT2D eigenvalue weighted by Crippen LogP contribution is -2.30. The molecule has 1 fully saturated rings. The molecule has 1 unspecified atom stereocenters. The lowest BCUT2D eigenvalue weighted by atomic mass is 9.86. The van der Waals surface area contributed by atoms with Crippen molar-refractivity contribution in [1.82, 2.24) is 0 Å². The second-order valence-corrected chi connectivity index (χ2v) is 5.12. The van der Waals surface area contributed by atoms with Crippen LogP contribution in [0.15, 0.2) is 22.6 Å². The number of nitrogens with zero attached hydrogens (tertiary/aromatic N) is 2. The first kappa shape index (κ1) is 11.6. The van der Waals surface area contributed by atoms with Gasteiger partial charge in [0, 0.05) is 11.5 Å². The zero-order valence-corrected chi connectivity index (χ0v) is 10.1. The summed E-state index contributed by atoms with van der Waals surface area (Å²) in [6.45, 7) is 3.67. The van der Waals surface area contributed by atoms with Gasteiger partial charge in [-0.25, -0.2) is 4.99 Å². The van der Waals surface area contributed by atoms with E-state index >= 15 is 0 Å². The molecule has 1 aliphatic heterocycles. The Hall–Kier alpha value is -0.900. The highest BCUT2D eigenvalue weighted by molar-refractivity contribution is 8.13. The molecule has 1 saturated carbocycles. The monoisotopic (exact) mass is 236 g/mol. The summed E-state index contributed by atoms with van der Waals surface area (Å²) in [6.07, 6.45) is 6.99. The van der Waals surface area contributed by atoms with Crippen molar-refractivity contribution in [3.8, 4) is 0 Å². The third kappa shape index (κ3) is 2.61. The summed E-state index contributed by atoms with van der Waals surface area (Å²) < 4.78 is 0. The highest BCUT2D eigenvalue weighted by Gasteiger charge is 2.30. The van der Waals surface area contributed by atoms with Crippen LogP contribution in [0.1, 0.15) is 32.1 Å². The number of allylic oxidation sites excluding steroid dienone is 1. The van der Waals surface area contributed by atoms with Gasteiger partial charge in [0.25, 0.3) is 5.91 Å². The number of aliphatic imine (C=N–C) groups is 2. The van der Waals surface area contributed by atoms with E-state index in [4.69, 9.17) is 0 Å². The van der Waals surface area contributed by atoms with Crippen LogP contribution in [0.4, 0.5) is 0 Å². The summed E-state index contributed by atoms with van der Waals surface area (Å²) in [5, 5.41) is 0.653. The fraction of sp³-hybridized carbons (Fsp3) is 0.583. The Bertz CT molecular complexity index is 360. The second kappa shape index (κ2) is 5.43. The quantitative estimate of drug-likeness (QED) is 0.558. The van der Waals surface area contributed by atoms with Crippen molar-refractivity contribution in [3.05, 3.63) is 12.7 Å². The first-order valence-electron chi connectivity index (χ1n) is 5.75. The van der Waals surface area contributed by atoms with Crippen LogP contribution in [0.2, 0.25) is 0 Å². The highest BCUT2D eigenvalue weighted by atomic mass is 32.2. The SMILES string of the molecule is C=CCCSC1=NC(=O)C2CCCCC2=N1. The maximum absolute atomic E-state index is 11.8. The van der Waals surface area contributed by atoms with E-state index in [0.29, 0.717) is 5.17 Å². The van der Waals surface area contributed by atoms with Crippen LogP contribution in [-0.2, 0) is 4.79 Å². The molecular formula is C12H16N2OS. The van der Waals surface area contributed by atoms with Crippen LogP contribution in [-0.4, -0.2) is 22.5 Å². The Balaban J connectivity index is 2.02. The van der Waals surface area contributed by atoms with Crippen molar-refractivity contribution >= 4 is 28.5 Å². The van der Waals surface area contributed by atoms with Gasteiger partial charge in [-0.15, -0.1) is 6.58 Å². The Labute approximate surface area is 100 Å². The molecule has 1 atom stereocenters. The molecule has 0 aromatic heterocycles. The minimum atomic E-state index is -0.00231. The van der Waals surface area contributed by atoms with Gasteiger partial charge in [-0.05, 0) is 25.7 Å². The molecule has 1 aliphatic carbocycles. The molecule has 0 aromatic carbocycles. The van der Waals surface area contributed by atoms with Gasteiger partial charge < -0.3 is 0 Å². The van der Waals surface area contributed by atoms with Gasteiger partial charge in [0.15, 0.2) is 5.17 Å². The Morgan fingerprint density at radius 2 is 2.31 bits per heavy atom. The van der Waals surface area contributed by atoms with Crippen molar-refractivity contribution in [2.75, 3.05) is 5.75 Å². The summed E-state index contributed by atoms with van der Waals surface area (Å²) in [7, 11) is 0. The fourth-order valence-corrected chi connectivity index (χ4v) is 2.82. The first-order valence-corrected chi connectivity index (χ1v) is 6.73. The molecule has 2 aliphatic rings. The van der Waals surface area contributed by atoms with E-state index in [9.17, 15) is 4.79 Å². The van der Waals surface area contributed by atoms with Crippen molar-refractivity contribution in [2.45, 2.75) is 32.1 Å². The number of fused-ring (bicyclic) bond motifs is 1. The topological polar surface area (TPSA) is 41.8 Å². The van der Waals surface area contributed by atoms with Crippen LogP contribution in [0.25, 0.3) is 0 Å². The fourth-order valence-electron chi connectivity index (χ4n) is 2.01. The van der Waals surface area contributed by atoms with E-state index in [1.807, 2.05) is 6.08 Å². The van der Waals surface area contributed by atoms with E-state index in [-0.39, 0.29) is 11.8 Å². The predicted octanol–water partition coefficient (Wildman–Crippen LogP) is 2.82. The Morgan fingerprint density at radius 3 is 3.12 bits per heavy atom. The number of rotatable bonds is 3. The van der Waals surface area contributed by atoms with E-state index in [2.05, 4.69) is 16.6 Å². The molecule has 86 valence electrons. The number of carbonyl (C=O) groups is 1. The van der Waals surface area contributed by atoms with Gasteiger partial charge in [0.1, 0.15) is 0 Å². The maximum atomic E-state index is 11.8. The minimum absolute atomic E-state index is 0.00231. The normalized spacial score (nSPS) is 24.5. The van der Waals surface area contributed by atoms with Gasteiger partial charge in [0.05, 0.1) is 5.92 Å². The third-order valence-electron chi connectivity index (χ3n) is 2.87. The molecule has 0 saturated heterocycles. The number of hydrogen-bond donors (Lipinski definition) is 0. The molecule has 0 radical (unpaired) electrons. The van der Waals surface area contributed by atoms with Gasteiger partial charge >= 0.3 is 0 Å². The third-order valence-corrected chi connectivity index (χ3v) is 3.75. The Kier molecular flexibility index (Phi) is 3.93. The summed E-state index contributed by atoms with van der Waals surface area (Å²) in [5.41, 5.74) is 1.06. The van der Waals surface area contributed by atoms with Crippen LogP contribution >= 0.6 is 11.8 Å². The number of carbonyl (C=O) groups excluding carboxylic acids is 1. The second-order valence-electron chi connectivity index (χ2n) is 4.06. The van der Waals surface area contributed by atoms with Gasteiger partial charge in [0.2, 0.25) is 0 Å². The Morgan fingerprint density at radius 1 is 1.44 bits per heavy atom. The van der Waals surface area contributed by atoms with Gasteiger partial charge in [-0.1, -0.05) is 24.3 Å². The van der Waals surface area contributed by atoms with Gasteiger partial charge in [-0.2, -0.15) is 4.99 Å². The predicted molar refractivity (Wildman–Crippen MR) is 69.1 cm³/mol. The average Bonchev–Trinajstić information content (AvgIpc) is 2.30. The minimum Gasteiger partial charge on any atom is -0.272 e. The smallest absolute Gasteiger partial charge is 0.256 e. The molecule has 1 amide bonds. The van der Waals surface area contributed by atoms with Crippen molar-refractivity contribution < 1.29 is 4.79 Å². The van der Waals surface area contributed by atoms with Crippen LogP contribution in [0.3, 0.4) is 0 Å². The molecule has 3 nitrogen and oxygen atoms in total. The van der Waals surface area contributed by atoms with Crippen LogP contribution in [0.5, 0.6) is 0 Å².